The van der Waals surface area contributed by atoms with Crippen molar-refractivity contribution in [3.05, 3.63) is 34.5 Å². The lowest BCUT2D eigenvalue weighted by Crippen LogP contribution is -2.56. The Kier molecular flexibility index (Phi) is 3.93. The van der Waals surface area contributed by atoms with Gasteiger partial charge >= 0.3 is 0 Å². The summed E-state index contributed by atoms with van der Waals surface area (Å²) in [5.41, 5.74) is 0. The van der Waals surface area contributed by atoms with Crippen molar-refractivity contribution < 1.29 is 23.7 Å². The summed E-state index contributed by atoms with van der Waals surface area (Å²) in [6, 6.07) is 7.51. The van der Waals surface area contributed by atoms with Crippen LogP contribution < -0.4 is 18.9 Å². The molecule has 0 aliphatic carbocycles. The zero-order valence-electron chi connectivity index (χ0n) is 13.2. The molecule has 0 radical (unpaired) electrons. The highest BCUT2D eigenvalue weighted by Gasteiger charge is 2.36. The molecule has 2 aliphatic rings. The minimum absolute atomic E-state index is 0.0294. The molecular weight excluding hydrogens is 330 g/mol. The number of nitrogens with zero attached hydrogens (tertiary/aromatic N) is 1. The summed E-state index contributed by atoms with van der Waals surface area (Å²) in [5.74, 6) is 2.59. The highest BCUT2D eigenvalue weighted by atomic mass is 32.1. The first-order chi connectivity index (χ1) is 11.8. The Balaban J connectivity index is 1.39. The second-order valence-electron chi connectivity index (χ2n) is 5.56. The van der Waals surface area contributed by atoms with Crippen molar-refractivity contribution >= 4 is 17.2 Å². The van der Waals surface area contributed by atoms with Gasteiger partial charge in [-0.25, -0.2) is 0 Å². The zero-order chi connectivity index (χ0) is 16.5. The van der Waals surface area contributed by atoms with Gasteiger partial charge in [0.2, 0.25) is 0 Å². The van der Waals surface area contributed by atoms with E-state index in [1.165, 1.54) is 11.3 Å². The number of amides is 1. The quantitative estimate of drug-likeness (QED) is 0.850. The van der Waals surface area contributed by atoms with E-state index < -0.39 is 0 Å². The van der Waals surface area contributed by atoms with Gasteiger partial charge in [0.25, 0.3) is 5.91 Å². The number of para-hydroxylation sites is 2. The van der Waals surface area contributed by atoms with E-state index in [1.807, 2.05) is 29.6 Å². The van der Waals surface area contributed by atoms with Crippen LogP contribution >= 0.6 is 11.3 Å². The summed E-state index contributed by atoms with van der Waals surface area (Å²) in [7, 11) is 1.61. The first kappa shape index (κ1) is 15.1. The van der Waals surface area contributed by atoms with Gasteiger partial charge < -0.3 is 23.8 Å². The van der Waals surface area contributed by atoms with Crippen molar-refractivity contribution in [2.24, 2.45) is 0 Å². The second-order valence-corrected chi connectivity index (χ2v) is 6.44. The van der Waals surface area contributed by atoms with Crippen molar-refractivity contribution in [1.29, 1.82) is 0 Å². The highest BCUT2D eigenvalue weighted by Crippen LogP contribution is 2.40. The van der Waals surface area contributed by atoms with E-state index in [-0.39, 0.29) is 12.0 Å². The fraction of sp³-hybridized carbons (Fsp3) is 0.353. The Labute approximate surface area is 143 Å². The van der Waals surface area contributed by atoms with Crippen LogP contribution in [0.25, 0.3) is 0 Å². The van der Waals surface area contributed by atoms with Gasteiger partial charge in [0, 0.05) is 5.38 Å². The number of hydrogen-bond acceptors (Lipinski definition) is 6. The van der Waals surface area contributed by atoms with E-state index in [4.69, 9.17) is 18.9 Å². The molecule has 1 aromatic carbocycles. The van der Waals surface area contributed by atoms with Crippen LogP contribution in [0, 0.1) is 0 Å². The minimum Gasteiger partial charge on any atom is -0.493 e. The van der Waals surface area contributed by atoms with Gasteiger partial charge in [-0.15, -0.1) is 11.3 Å². The maximum Gasteiger partial charge on any atom is 0.268 e. The fourth-order valence-electron chi connectivity index (χ4n) is 2.73. The lowest BCUT2D eigenvalue weighted by atomic mass is 10.1. The molecular formula is C17H17NO5S. The third-order valence-corrected chi connectivity index (χ3v) is 4.92. The maximum absolute atomic E-state index is 12.6. The van der Waals surface area contributed by atoms with Gasteiger partial charge in [-0.1, -0.05) is 12.1 Å². The third-order valence-electron chi connectivity index (χ3n) is 3.99. The molecule has 1 saturated heterocycles. The molecule has 4 rings (SSSR count). The van der Waals surface area contributed by atoms with Gasteiger partial charge in [-0.3, -0.25) is 4.79 Å². The predicted molar refractivity (Wildman–Crippen MR) is 88.6 cm³/mol. The number of fused-ring (bicyclic) bond motifs is 1. The molecule has 0 spiro atoms. The molecule has 2 aliphatic heterocycles. The molecule has 3 heterocycles. The number of likely N-dealkylation sites (tertiary alicyclic amines) is 1. The monoisotopic (exact) mass is 347 g/mol. The molecule has 126 valence electrons. The molecule has 24 heavy (non-hydrogen) atoms. The van der Waals surface area contributed by atoms with E-state index in [2.05, 4.69) is 0 Å². The Bertz CT molecular complexity index is 753. The van der Waals surface area contributed by atoms with E-state index in [1.54, 1.807) is 12.0 Å². The number of carbonyl (C=O) groups is 1. The van der Waals surface area contributed by atoms with Gasteiger partial charge in [-0.05, 0) is 12.1 Å². The van der Waals surface area contributed by atoms with Gasteiger partial charge in [0.15, 0.2) is 23.0 Å². The molecule has 0 N–H and O–H groups in total. The van der Waals surface area contributed by atoms with Gasteiger partial charge in [0.05, 0.1) is 20.2 Å². The number of benzene rings is 1. The largest absolute Gasteiger partial charge is 0.493 e. The summed E-state index contributed by atoms with van der Waals surface area (Å²) in [6.07, 6.45) is -0.0294. The average Bonchev–Trinajstić information content (AvgIpc) is 3.01. The summed E-state index contributed by atoms with van der Waals surface area (Å²) in [4.78, 5) is 15.0. The van der Waals surface area contributed by atoms with Crippen molar-refractivity contribution in [3.63, 3.8) is 0 Å². The molecule has 1 aromatic heterocycles. The second kappa shape index (κ2) is 6.24. The standard InChI is InChI=1S/C17H17NO5S/c1-20-12-4-2-3-5-13(12)23-11-8-18(9-11)17(19)16-15-14(10-24-16)21-6-7-22-15/h2-5,10-11H,6-9H2,1H3. The maximum atomic E-state index is 12.6. The fourth-order valence-corrected chi connectivity index (χ4v) is 3.62. The van der Waals surface area contributed by atoms with Crippen LogP contribution in [0.4, 0.5) is 0 Å². The van der Waals surface area contributed by atoms with Crippen LogP contribution in [-0.2, 0) is 0 Å². The Morgan fingerprint density at radius 3 is 2.75 bits per heavy atom. The lowest BCUT2D eigenvalue weighted by molar-refractivity contribution is 0.0168. The summed E-state index contributed by atoms with van der Waals surface area (Å²) < 4.78 is 22.3. The molecule has 0 unspecified atom stereocenters. The smallest absolute Gasteiger partial charge is 0.268 e. The van der Waals surface area contributed by atoms with Crippen molar-refractivity contribution in [2.45, 2.75) is 6.10 Å². The Hall–Kier alpha value is -2.41. The Morgan fingerprint density at radius 1 is 1.21 bits per heavy atom. The Morgan fingerprint density at radius 2 is 1.96 bits per heavy atom. The number of methoxy groups -OCH3 is 1. The van der Waals surface area contributed by atoms with E-state index in [0.29, 0.717) is 54.2 Å². The minimum atomic E-state index is -0.0355. The van der Waals surface area contributed by atoms with Crippen molar-refractivity contribution in [3.8, 4) is 23.0 Å². The molecule has 0 atom stereocenters. The average molecular weight is 347 g/mol. The van der Waals surface area contributed by atoms with E-state index in [0.717, 1.165) is 0 Å². The van der Waals surface area contributed by atoms with E-state index in [9.17, 15) is 4.79 Å². The van der Waals surface area contributed by atoms with Gasteiger partial charge in [0.1, 0.15) is 24.2 Å². The number of ether oxygens (including phenoxy) is 4. The zero-order valence-corrected chi connectivity index (χ0v) is 14.0. The first-order valence-corrected chi connectivity index (χ1v) is 8.60. The number of hydrogen-bond donors (Lipinski definition) is 0. The first-order valence-electron chi connectivity index (χ1n) is 7.72. The van der Waals surface area contributed by atoms with Crippen LogP contribution in [0.2, 0.25) is 0 Å². The normalized spacial score (nSPS) is 16.5. The van der Waals surface area contributed by atoms with Crippen LogP contribution in [-0.4, -0.2) is 50.3 Å². The summed E-state index contributed by atoms with van der Waals surface area (Å²) in [5, 5.41) is 1.82. The number of thiophene rings is 1. The summed E-state index contributed by atoms with van der Waals surface area (Å²) in [6.45, 7) is 2.09. The van der Waals surface area contributed by atoms with Crippen molar-refractivity contribution in [2.75, 3.05) is 33.4 Å². The lowest BCUT2D eigenvalue weighted by Gasteiger charge is -2.39. The third kappa shape index (κ3) is 2.65. The molecule has 7 heteroatoms. The van der Waals surface area contributed by atoms with Gasteiger partial charge in [-0.2, -0.15) is 0 Å². The van der Waals surface area contributed by atoms with Crippen molar-refractivity contribution in [1.82, 2.24) is 4.90 Å². The highest BCUT2D eigenvalue weighted by molar-refractivity contribution is 7.12. The number of carbonyl (C=O) groups excluding carboxylic acids is 1. The molecule has 6 nitrogen and oxygen atoms in total. The molecule has 1 amide bonds. The summed E-state index contributed by atoms with van der Waals surface area (Å²) >= 11 is 1.36. The molecule has 1 fully saturated rings. The van der Waals surface area contributed by atoms with Crippen LogP contribution in [0.1, 0.15) is 9.67 Å². The van der Waals surface area contributed by atoms with Crippen LogP contribution in [0.5, 0.6) is 23.0 Å². The molecule has 2 aromatic rings. The van der Waals surface area contributed by atoms with Crippen LogP contribution in [0.15, 0.2) is 29.6 Å². The SMILES string of the molecule is COc1ccccc1OC1CN(C(=O)c2scc3c2OCCO3)C1. The number of rotatable bonds is 4. The topological polar surface area (TPSA) is 57.2 Å². The molecule has 0 bridgehead atoms. The van der Waals surface area contributed by atoms with E-state index >= 15 is 0 Å². The predicted octanol–water partition coefficient (Wildman–Crippen LogP) is 2.43. The van der Waals surface area contributed by atoms with Crippen LogP contribution in [0.3, 0.4) is 0 Å². The molecule has 0 saturated carbocycles.